The molecule has 0 saturated carbocycles. The third-order valence-electron chi connectivity index (χ3n) is 2.89. The standard InChI is InChI=1S/C15H24N2O2/c1-3-4-10-17-15(18)12-16-11-9-13-5-7-14(19-2)8-6-13/h5-8,16H,3-4,9-12H2,1-2H3,(H,17,18). The van der Waals surface area contributed by atoms with Crippen LogP contribution in [0.1, 0.15) is 25.3 Å². The van der Waals surface area contributed by atoms with Crippen LogP contribution in [0, 0.1) is 0 Å². The maximum Gasteiger partial charge on any atom is 0.233 e. The van der Waals surface area contributed by atoms with E-state index >= 15 is 0 Å². The van der Waals surface area contributed by atoms with Gasteiger partial charge in [-0.2, -0.15) is 0 Å². The molecule has 0 atom stereocenters. The summed E-state index contributed by atoms with van der Waals surface area (Å²) in [5.41, 5.74) is 1.24. The smallest absolute Gasteiger partial charge is 0.233 e. The number of hydrogen-bond donors (Lipinski definition) is 2. The number of benzene rings is 1. The molecule has 1 aromatic carbocycles. The van der Waals surface area contributed by atoms with Crippen LogP contribution < -0.4 is 15.4 Å². The highest BCUT2D eigenvalue weighted by atomic mass is 16.5. The number of methoxy groups -OCH3 is 1. The fourth-order valence-corrected chi connectivity index (χ4v) is 1.69. The van der Waals surface area contributed by atoms with Gasteiger partial charge in [0.25, 0.3) is 0 Å². The first kappa shape index (κ1) is 15.5. The maximum absolute atomic E-state index is 11.4. The molecule has 0 aliphatic heterocycles. The van der Waals surface area contributed by atoms with Gasteiger partial charge in [-0.05, 0) is 37.1 Å². The summed E-state index contributed by atoms with van der Waals surface area (Å²) in [5, 5.41) is 6.03. The zero-order valence-electron chi connectivity index (χ0n) is 11.9. The van der Waals surface area contributed by atoms with Crippen molar-refractivity contribution in [1.29, 1.82) is 0 Å². The van der Waals surface area contributed by atoms with Gasteiger partial charge in [-0.3, -0.25) is 4.79 Å². The average molecular weight is 264 g/mol. The van der Waals surface area contributed by atoms with E-state index in [-0.39, 0.29) is 5.91 Å². The van der Waals surface area contributed by atoms with E-state index in [0.717, 1.165) is 38.1 Å². The van der Waals surface area contributed by atoms with Crippen molar-refractivity contribution in [2.24, 2.45) is 0 Å². The monoisotopic (exact) mass is 264 g/mol. The Labute approximate surface area is 115 Å². The van der Waals surface area contributed by atoms with Gasteiger partial charge < -0.3 is 15.4 Å². The molecule has 0 heterocycles. The quantitative estimate of drug-likeness (QED) is 0.668. The van der Waals surface area contributed by atoms with Crippen molar-refractivity contribution in [3.8, 4) is 5.75 Å². The minimum Gasteiger partial charge on any atom is -0.497 e. The SMILES string of the molecule is CCCCNC(=O)CNCCc1ccc(OC)cc1. The van der Waals surface area contributed by atoms with Crippen molar-refractivity contribution in [2.45, 2.75) is 26.2 Å². The molecule has 0 unspecified atom stereocenters. The summed E-state index contributed by atoms with van der Waals surface area (Å²) in [7, 11) is 1.66. The molecule has 0 spiro atoms. The van der Waals surface area contributed by atoms with Gasteiger partial charge in [0.1, 0.15) is 5.75 Å². The topological polar surface area (TPSA) is 50.4 Å². The minimum atomic E-state index is 0.0724. The number of carbonyl (C=O) groups excluding carboxylic acids is 1. The molecule has 0 aromatic heterocycles. The molecule has 0 aliphatic carbocycles. The zero-order valence-corrected chi connectivity index (χ0v) is 11.9. The molecular weight excluding hydrogens is 240 g/mol. The molecule has 0 saturated heterocycles. The maximum atomic E-state index is 11.4. The number of unbranched alkanes of at least 4 members (excludes halogenated alkanes) is 1. The second-order valence-electron chi connectivity index (χ2n) is 4.48. The molecule has 0 bridgehead atoms. The first-order chi connectivity index (χ1) is 9.26. The van der Waals surface area contributed by atoms with Gasteiger partial charge >= 0.3 is 0 Å². The summed E-state index contributed by atoms with van der Waals surface area (Å²) in [5.74, 6) is 0.940. The molecule has 106 valence electrons. The largest absolute Gasteiger partial charge is 0.497 e. The summed E-state index contributed by atoms with van der Waals surface area (Å²) < 4.78 is 5.10. The van der Waals surface area contributed by atoms with Gasteiger partial charge in [-0.1, -0.05) is 25.5 Å². The summed E-state index contributed by atoms with van der Waals surface area (Å²) in [6.07, 6.45) is 3.05. The van der Waals surface area contributed by atoms with Crippen LogP contribution in [-0.2, 0) is 11.2 Å². The van der Waals surface area contributed by atoms with Gasteiger partial charge in [0.2, 0.25) is 5.91 Å². The lowest BCUT2D eigenvalue weighted by Crippen LogP contribution is -2.35. The third kappa shape index (κ3) is 6.82. The van der Waals surface area contributed by atoms with Crippen LogP contribution in [0.4, 0.5) is 0 Å². The molecule has 0 radical (unpaired) electrons. The van der Waals surface area contributed by atoms with Gasteiger partial charge in [0.05, 0.1) is 13.7 Å². The Morgan fingerprint density at radius 1 is 1.21 bits per heavy atom. The van der Waals surface area contributed by atoms with E-state index in [1.165, 1.54) is 5.56 Å². The molecule has 2 N–H and O–H groups in total. The van der Waals surface area contributed by atoms with E-state index in [9.17, 15) is 4.79 Å². The summed E-state index contributed by atoms with van der Waals surface area (Å²) in [6.45, 7) is 4.07. The number of amides is 1. The van der Waals surface area contributed by atoms with Gasteiger partial charge in [0.15, 0.2) is 0 Å². The van der Waals surface area contributed by atoms with Crippen LogP contribution in [0.5, 0.6) is 5.75 Å². The van der Waals surface area contributed by atoms with Crippen molar-refractivity contribution in [1.82, 2.24) is 10.6 Å². The van der Waals surface area contributed by atoms with E-state index in [4.69, 9.17) is 4.74 Å². The third-order valence-corrected chi connectivity index (χ3v) is 2.89. The summed E-state index contributed by atoms with van der Waals surface area (Å²) in [4.78, 5) is 11.4. The Kier molecular flexibility index (Phi) is 7.66. The normalized spacial score (nSPS) is 10.2. The average Bonchev–Trinajstić information content (AvgIpc) is 2.44. The number of nitrogens with one attached hydrogen (secondary N) is 2. The molecule has 0 fully saturated rings. The van der Waals surface area contributed by atoms with E-state index in [2.05, 4.69) is 17.6 Å². The molecule has 4 nitrogen and oxygen atoms in total. The van der Waals surface area contributed by atoms with Crippen LogP contribution in [0.25, 0.3) is 0 Å². The molecular formula is C15H24N2O2. The predicted octanol–water partition coefficient (Wildman–Crippen LogP) is 1.74. The van der Waals surface area contributed by atoms with Gasteiger partial charge in [-0.15, -0.1) is 0 Å². The molecule has 1 aromatic rings. The van der Waals surface area contributed by atoms with Crippen molar-refractivity contribution < 1.29 is 9.53 Å². The van der Waals surface area contributed by atoms with Crippen LogP contribution in [0.3, 0.4) is 0 Å². The lowest BCUT2D eigenvalue weighted by Gasteiger charge is -2.07. The molecule has 1 amide bonds. The Morgan fingerprint density at radius 2 is 1.95 bits per heavy atom. The molecule has 1 rings (SSSR count). The number of hydrogen-bond acceptors (Lipinski definition) is 3. The first-order valence-corrected chi connectivity index (χ1v) is 6.86. The lowest BCUT2D eigenvalue weighted by atomic mass is 10.1. The minimum absolute atomic E-state index is 0.0724. The Balaban J connectivity index is 2.11. The highest BCUT2D eigenvalue weighted by Crippen LogP contribution is 2.11. The van der Waals surface area contributed by atoms with E-state index < -0.39 is 0 Å². The Morgan fingerprint density at radius 3 is 2.58 bits per heavy atom. The number of ether oxygens (including phenoxy) is 1. The Bertz CT molecular complexity index is 363. The van der Waals surface area contributed by atoms with E-state index in [1.807, 2.05) is 24.3 Å². The van der Waals surface area contributed by atoms with Crippen molar-refractivity contribution in [2.75, 3.05) is 26.7 Å². The highest BCUT2D eigenvalue weighted by Gasteiger charge is 1.99. The van der Waals surface area contributed by atoms with Crippen molar-refractivity contribution >= 4 is 5.91 Å². The zero-order chi connectivity index (χ0) is 13.9. The van der Waals surface area contributed by atoms with Crippen molar-refractivity contribution in [3.05, 3.63) is 29.8 Å². The van der Waals surface area contributed by atoms with Gasteiger partial charge in [0, 0.05) is 6.54 Å². The van der Waals surface area contributed by atoms with Gasteiger partial charge in [-0.25, -0.2) is 0 Å². The molecule has 19 heavy (non-hydrogen) atoms. The highest BCUT2D eigenvalue weighted by molar-refractivity contribution is 5.77. The van der Waals surface area contributed by atoms with Crippen molar-refractivity contribution in [3.63, 3.8) is 0 Å². The van der Waals surface area contributed by atoms with Crippen LogP contribution in [-0.4, -0.2) is 32.7 Å². The second kappa shape index (κ2) is 9.39. The molecule has 0 aliphatic rings. The van der Waals surface area contributed by atoms with E-state index in [0.29, 0.717) is 6.54 Å². The predicted molar refractivity (Wildman–Crippen MR) is 77.5 cm³/mol. The number of carbonyl (C=O) groups is 1. The van der Waals surface area contributed by atoms with Crippen LogP contribution in [0.2, 0.25) is 0 Å². The lowest BCUT2D eigenvalue weighted by molar-refractivity contribution is -0.120. The Hall–Kier alpha value is -1.55. The summed E-state index contributed by atoms with van der Waals surface area (Å²) >= 11 is 0. The van der Waals surface area contributed by atoms with Crippen LogP contribution in [0.15, 0.2) is 24.3 Å². The fraction of sp³-hybridized carbons (Fsp3) is 0.533. The summed E-state index contributed by atoms with van der Waals surface area (Å²) in [6, 6.07) is 7.99. The van der Waals surface area contributed by atoms with E-state index in [1.54, 1.807) is 7.11 Å². The van der Waals surface area contributed by atoms with Crippen LogP contribution >= 0.6 is 0 Å². The second-order valence-corrected chi connectivity index (χ2v) is 4.48. The fourth-order valence-electron chi connectivity index (χ4n) is 1.69. The molecule has 4 heteroatoms. The first-order valence-electron chi connectivity index (χ1n) is 6.86. The number of rotatable bonds is 9.